The van der Waals surface area contributed by atoms with Crippen molar-refractivity contribution in [3.8, 4) is 0 Å². The number of aromatic nitrogens is 1. The Bertz CT molecular complexity index is 521. The number of hydrogen-bond donors (Lipinski definition) is 1. The van der Waals surface area contributed by atoms with Crippen molar-refractivity contribution in [2.75, 3.05) is 0 Å². The van der Waals surface area contributed by atoms with E-state index < -0.39 is 6.09 Å². The molecular formula is C9H5BrClNO2. The summed E-state index contributed by atoms with van der Waals surface area (Å²) in [5.74, 6) is 0. The van der Waals surface area contributed by atoms with E-state index in [-0.39, 0.29) is 0 Å². The lowest BCUT2D eigenvalue weighted by atomic mass is 10.2. The van der Waals surface area contributed by atoms with Gasteiger partial charge >= 0.3 is 6.09 Å². The fourth-order valence-electron chi connectivity index (χ4n) is 1.36. The number of rotatable bonds is 0. The molecule has 0 fully saturated rings. The molecule has 0 saturated heterocycles. The van der Waals surface area contributed by atoms with Crippen molar-refractivity contribution in [1.29, 1.82) is 0 Å². The quantitative estimate of drug-likeness (QED) is 0.798. The summed E-state index contributed by atoms with van der Waals surface area (Å²) < 4.78 is 1.93. The van der Waals surface area contributed by atoms with Crippen LogP contribution in [0.2, 0.25) is 5.02 Å². The SMILES string of the molecule is O=C(O)n1ccc2cc(Br)cc(Cl)c21. The standard InChI is InChI=1S/C9H5BrClNO2/c10-6-3-5-1-2-12(9(13)14)8(5)7(11)4-6/h1-4H,(H,13,14). The first kappa shape index (κ1) is 9.55. The Morgan fingerprint density at radius 2 is 2.21 bits per heavy atom. The van der Waals surface area contributed by atoms with Crippen LogP contribution in [0, 0.1) is 0 Å². The van der Waals surface area contributed by atoms with Crippen molar-refractivity contribution in [3.63, 3.8) is 0 Å². The Balaban J connectivity index is 2.85. The summed E-state index contributed by atoms with van der Waals surface area (Å²) in [4.78, 5) is 10.8. The molecule has 0 aliphatic heterocycles. The average molecular weight is 275 g/mol. The number of benzene rings is 1. The molecule has 0 aliphatic rings. The molecule has 14 heavy (non-hydrogen) atoms. The summed E-state index contributed by atoms with van der Waals surface area (Å²) in [6.07, 6.45) is 0.440. The van der Waals surface area contributed by atoms with E-state index in [2.05, 4.69) is 15.9 Å². The van der Waals surface area contributed by atoms with E-state index in [4.69, 9.17) is 16.7 Å². The molecule has 2 rings (SSSR count). The maximum Gasteiger partial charge on any atom is 0.416 e. The van der Waals surface area contributed by atoms with Crippen molar-refractivity contribution in [2.24, 2.45) is 0 Å². The summed E-state index contributed by atoms with van der Waals surface area (Å²) >= 11 is 9.23. The van der Waals surface area contributed by atoms with Crippen LogP contribution in [0.1, 0.15) is 0 Å². The number of carboxylic acid groups (broad SMARTS) is 1. The van der Waals surface area contributed by atoms with Crippen LogP contribution < -0.4 is 0 Å². The van der Waals surface area contributed by atoms with Gasteiger partial charge in [-0.25, -0.2) is 4.79 Å². The number of nitrogens with zero attached hydrogens (tertiary/aromatic N) is 1. The summed E-state index contributed by atoms with van der Waals surface area (Å²) in [7, 11) is 0. The van der Waals surface area contributed by atoms with Gasteiger partial charge in [0.15, 0.2) is 0 Å². The topological polar surface area (TPSA) is 42.2 Å². The van der Waals surface area contributed by atoms with E-state index in [0.29, 0.717) is 10.5 Å². The highest BCUT2D eigenvalue weighted by Crippen LogP contribution is 2.28. The average Bonchev–Trinajstić information content (AvgIpc) is 2.47. The molecule has 1 heterocycles. The Morgan fingerprint density at radius 3 is 2.86 bits per heavy atom. The van der Waals surface area contributed by atoms with Gasteiger partial charge in [-0.3, -0.25) is 4.57 Å². The largest absolute Gasteiger partial charge is 0.464 e. The van der Waals surface area contributed by atoms with Gasteiger partial charge in [0, 0.05) is 16.1 Å². The van der Waals surface area contributed by atoms with Crippen molar-refractivity contribution in [3.05, 3.63) is 33.9 Å². The zero-order chi connectivity index (χ0) is 10.3. The predicted molar refractivity (Wildman–Crippen MR) is 58.1 cm³/mol. The molecule has 3 nitrogen and oxygen atoms in total. The molecule has 0 bridgehead atoms. The number of carbonyl (C=O) groups is 1. The van der Waals surface area contributed by atoms with Crippen LogP contribution in [0.3, 0.4) is 0 Å². The normalized spacial score (nSPS) is 10.7. The number of hydrogen-bond acceptors (Lipinski definition) is 1. The molecule has 0 spiro atoms. The third-order valence-corrected chi connectivity index (χ3v) is 2.65. The van der Waals surface area contributed by atoms with Gasteiger partial charge in [-0.15, -0.1) is 0 Å². The molecule has 0 aliphatic carbocycles. The van der Waals surface area contributed by atoms with Gasteiger partial charge in [0.05, 0.1) is 10.5 Å². The second-order valence-corrected chi connectivity index (χ2v) is 4.12. The highest BCUT2D eigenvalue weighted by molar-refractivity contribution is 9.10. The first-order chi connectivity index (χ1) is 6.59. The molecule has 72 valence electrons. The zero-order valence-corrected chi connectivity index (χ0v) is 9.21. The van der Waals surface area contributed by atoms with Crippen LogP contribution in [0.25, 0.3) is 10.9 Å². The van der Waals surface area contributed by atoms with Crippen LogP contribution in [0.5, 0.6) is 0 Å². The Kier molecular flexibility index (Phi) is 2.25. The van der Waals surface area contributed by atoms with Gasteiger partial charge in [0.1, 0.15) is 0 Å². The van der Waals surface area contributed by atoms with Crippen molar-refractivity contribution in [2.45, 2.75) is 0 Å². The second kappa shape index (κ2) is 3.29. The molecule has 0 unspecified atom stereocenters. The molecule has 5 heteroatoms. The molecule has 0 radical (unpaired) electrons. The number of halogens is 2. The lowest BCUT2D eigenvalue weighted by Gasteiger charge is -2.00. The van der Waals surface area contributed by atoms with Gasteiger partial charge in [-0.1, -0.05) is 27.5 Å². The van der Waals surface area contributed by atoms with E-state index >= 15 is 0 Å². The van der Waals surface area contributed by atoms with Crippen molar-refractivity contribution >= 4 is 44.5 Å². The van der Waals surface area contributed by atoms with Gasteiger partial charge < -0.3 is 5.11 Å². The highest BCUT2D eigenvalue weighted by Gasteiger charge is 2.10. The van der Waals surface area contributed by atoms with Crippen LogP contribution in [-0.4, -0.2) is 15.8 Å². The predicted octanol–water partition coefficient (Wildman–Crippen LogP) is 3.58. The molecule has 0 amide bonds. The molecule has 1 aromatic heterocycles. The number of fused-ring (bicyclic) bond motifs is 1. The van der Waals surface area contributed by atoms with E-state index in [1.807, 2.05) is 6.07 Å². The summed E-state index contributed by atoms with van der Waals surface area (Å²) in [5.41, 5.74) is 0.516. The van der Waals surface area contributed by atoms with Crippen LogP contribution in [0.15, 0.2) is 28.9 Å². The lowest BCUT2D eigenvalue weighted by molar-refractivity contribution is 0.197. The molecule has 0 saturated carbocycles. The minimum atomic E-state index is -1.04. The zero-order valence-electron chi connectivity index (χ0n) is 6.87. The first-order valence-electron chi connectivity index (χ1n) is 3.79. The highest BCUT2D eigenvalue weighted by atomic mass is 79.9. The molecule has 1 aromatic carbocycles. The van der Waals surface area contributed by atoms with Gasteiger partial charge in [0.2, 0.25) is 0 Å². The van der Waals surface area contributed by atoms with Crippen LogP contribution >= 0.6 is 27.5 Å². The third-order valence-electron chi connectivity index (χ3n) is 1.91. The minimum Gasteiger partial charge on any atom is -0.464 e. The fraction of sp³-hybridized carbons (Fsp3) is 0. The summed E-state index contributed by atoms with van der Waals surface area (Å²) in [5, 5.41) is 10.1. The van der Waals surface area contributed by atoms with Crippen molar-refractivity contribution < 1.29 is 9.90 Å². The third kappa shape index (κ3) is 1.40. The molecule has 2 aromatic rings. The van der Waals surface area contributed by atoms with E-state index in [1.165, 1.54) is 6.20 Å². The molecule has 1 N–H and O–H groups in total. The second-order valence-electron chi connectivity index (χ2n) is 2.79. The Morgan fingerprint density at radius 1 is 1.50 bits per heavy atom. The van der Waals surface area contributed by atoms with Gasteiger partial charge in [-0.05, 0) is 18.2 Å². The Labute approximate surface area is 93.0 Å². The van der Waals surface area contributed by atoms with Crippen LogP contribution in [0.4, 0.5) is 4.79 Å². The first-order valence-corrected chi connectivity index (χ1v) is 4.96. The molecular weight excluding hydrogens is 269 g/mol. The Hall–Kier alpha value is -1.000. The van der Waals surface area contributed by atoms with E-state index in [9.17, 15) is 4.79 Å². The monoisotopic (exact) mass is 273 g/mol. The van der Waals surface area contributed by atoms with E-state index in [0.717, 1.165) is 14.4 Å². The maximum atomic E-state index is 10.8. The minimum absolute atomic E-state index is 0.418. The van der Waals surface area contributed by atoms with Crippen LogP contribution in [-0.2, 0) is 0 Å². The summed E-state index contributed by atoms with van der Waals surface area (Å²) in [6.45, 7) is 0. The van der Waals surface area contributed by atoms with Gasteiger partial charge in [-0.2, -0.15) is 0 Å². The summed E-state index contributed by atoms with van der Waals surface area (Å²) in [6, 6.07) is 5.20. The van der Waals surface area contributed by atoms with Crippen molar-refractivity contribution in [1.82, 2.24) is 4.57 Å². The lowest BCUT2D eigenvalue weighted by Crippen LogP contribution is -2.05. The fourth-order valence-corrected chi connectivity index (χ4v) is 2.28. The smallest absolute Gasteiger partial charge is 0.416 e. The maximum absolute atomic E-state index is 10.8. The van der Waals surface area contributed by atoms with Gasteiger partial charge in [0.25, 0.3) is 0 Å². The van der Waals surface area contributed by atoms with E-state index in [1.54, 1.807) is 12.1 Å². The molecule has 0 atom stereocenters.